The van der Waals surface area contributed by atoms with Crippen LogP contribution in [0.25, 0.3) is 11.3 Å². The van der Waals surface area contributed by atoms with Gasteiger partial charge in [-0.05, 0) is 18.2 Å². The van der Waals surface area contributed by atoms with E-state index < -0.39 is 0 Å². The first-order valence-corrected chi connectivity index (χ1v) is 4.96. The van der Waals surface area contributed by atoms with Crippen molar-refractivity contribution in [2.45, 2.75) is 0 Å². The zero-order valence-corrected chi connectivity index (χ0v) is 8.91. The van der Waals surface area contributed by atoms with Crippen LogP contribution in [-0.2, 0) is 0 Å². The van der Waals surface area contributed by atoms with Crippen LogP contribution in [0.15, 0.2) is 36.5 Å². The molecule has 2 rings (SSSR count). The van der Waals surface area contributed by atoms with Crippen LogP contribution >= 0.6 is 11.6 Å². The third kappa shape index (κ3) is 1.95. The van der Waals surface area contributed by atoms with Crippen LogP contribution in [0.2, 0.25) is 5.02 Å². The molecule has 0 bridgehead atoms. The second-order valence-corrected chi connectivity index (χ2v) is 3.57. The highest BCUT2D eigenvalue weighted by atomic mass is 35.5. The quantitative estimate of drug-likeness (QED) is 0.747. The summed E-state index contributed by atoms with van der Waals surface area (Å²) in [7, 11) is 0. The number of aldehydes is 1. The number of nitrogens with zero attached hydrogens (tertiary/aromatic N) is 1. The minimum Gasteiger partial charge on any atom is -0.298 e. The van der Waals surface area contributed by atoms with Gasteiger partial charge in [-0.1, -0.05) is 23.7 Å². The van der Waals surface area contributed by atoms with E-state index in [0.29, 0.717) is 23.1 Å². The lowest BCUT2D eigenvalue weighted by atomic mass is 10.1. The van der Waals surface area contributed by atoms with Crippen molar-refractivity contribution in [2.24, 2.45) is 0 Å². The summed E-state index contributed by atoms with van der Waals surface area (Å²) in [5, 5.41) is 0.239. The molecule has 1 aromatic heterocycles. The van der Waals surface area contributed by atoms with Crippen molar-refractivity contribution in [1.29, 1.82) is 0 Å². The molecule has 0 N–H and O–H groups in total. The maximum atomic E-state index is 13.0. The SMILES string of the molecule is O=Cc1ccnc(-c2cccc(F)c2)c1Cl. The maximum Gasteiger partial charge on any atom is 0.151 e. The van der Waals surface area contributed by atoms with Crippen molar-refractivity contribution >= 4 is 17.9 Å². The maximum absolute atomic E-state index is 13.0. The lowest BCUT2D eigenvalue weighted by molar-refractivity contribution is 0.112. The number of carbonyl (C=O) groups excluding carboxylic acids is 1. The molecule has 0 radical (unpaired) electrons. The highest BCUT2D eigenvalue weighted by molar-refractivity contribution is 6.35. The summed E-state index contributed by atoms with van der Waals surface area (Å²) in [5.41, 5.74) is 1.30. The van der Waals surface area contributed by atoms with Crippen LogP contribution in [0.4, 0.5) is 4.39 Å². The van der Waals surface area contributed by atoms with Gasteiger partial charge in [-0.2, -0.15) is 0 Å². The Morgan fingerprint density at radius 2 is 2.12 bits per heavy atom. The van der Waals surface area contributed by atoms with E-state index in [9.17, 15) is 9.18 Å². The van der Waals surface area contributed by atoms with Crippen LogP contribution < -0.4 is 0 Å². The van der Waals surface area contributed by atoms with Crippen molar-refractivity contribution in [3.05, 3.63) is 52.9 Å². The summed E-state index contributed by atoms with van der Waals surface area (Å²) in [4.78, 5) is 14.7. The van der Waals surface area contributed by atoms with E-state index in [2.05, 4.69) is 4.98 Å². The minimum absolute atomic E-state index is 0.239. The molecule has 0 fully saturated rings. The fourth-order valence-corrected chi connectivity index (χ4v) is 1.65. The number of pyridine rings is 1. The van der Waals surface area contributed by atoms with Gasteiger partial charge in [0.25, 0.3) is 0 Å². The number of hydrogen-bond donors (Lipinski definition) is 0. The van der Waals surface area contributed by atoms with Crippen LogP contribution in [0.1, 0.15) is 10.4 Å². The summed E-state index contributed by atoms with van der Waals surface area (Å²) in [5.74, 6) is -0.369. The molecule has 0 aliphatic heterocycles. The highest BCUT2D eigenvalue weighted by Crippen LogP contribution is 2.27. The first-order valence-electron chi connectivity index (χ1n) is 4.58. The van der Waals surface area contributed by atoms with Crippen LogP contribution in [0.3, 0.4) is 0 Å². The van der Waals surface area contributed by atoms with E-state index in [1.165, 1.54) is 24.4 Å². The Hall–Kier alpha value is -1.74. The molecule has 0 aliphatic carbocycles. The molecule has 0 atom stereocenters. The predicted molar refractivity (Wildman–Crippen MR) is 60.0 cm³/mol. The molecule has 80 valence electrons. The topological polar surface area (TPSA) is 30.0 Å². The number of halogens is 2. The molecule has 4 heteroatoms. The molecule has 0 spiro atoms. The molecule has 1 heterocycles. The molecule has 2 aromatic rings. The van der Waals surface area contributed by atoms with Gasteiger partial charge in [-0.15, -0.1) is 0 Å². The molecule has 1 aromatic carbocycles. The third-order valence-corrected chi connectivity index (χ3v) is 2.54. The number of benzene rings is 1. The molecule has 0 aliphatic rings. The van der Waals surface area contributed by atoms with Gasteiger partial charge in [0, 0.05) is 17.3 Å². The Morgan fingerprint density at radius 1 is 1.31 bits per heavy atom. The van der Waals surface area contributed by atoms with Gasteiger partial charge in [0.2, 0.25) is 0 Å². The number of rotatable bonds is 2. The van der Waals surface area contributed by atoms with E-state index in [-0.39, 0.29) is 10.8 Å². The molecule has 0 amide bonds. The minimum atomic E-state index is -0.369. The van der Waals surface area contributed by atoms with Gasteiger partial charge in [0.1, 0.15) is 5.82 Å². The Morgan fingerprint density at radius 3 is 2.81 bits per heavy atom. The normalized spacial score (nSPS) is 10.1. The number of hydrogen-bond acceptors (Lipinski definition) is 2. The van der Waals surface area contributed by atoms with Crippen molar-refractivity contribution in [1.82, 2.24) is 4.98 Å². The summed E-state index contributed by atoms with van der Waals surface area (Å²) < 4.78 is 13.0. The van der Waals surface area contributed by atoms with Gasteiger partial charge >= 0.3 is 0 Å². The van der Waals surface area contributed by atoms with Crippen LogP contribution in [0.5, 0.6) is 0 Å². The second kappa shape index (κ2) is 4.41. The highest BCUT2D eigenvalue weighted by Gasteiger charge is 2.09. The van der Waals surface area contributed by atoms with Crippen molar-refractivity contribution in [3.63, 3.8) is 0 Å². The Bertz CT molecular complexity index is 542. The van der Waals surface area contributed by atoms with Gasteiger partial charge in [-0.3, -0.25) is 9.78 Å². The molecule has 16 heavy (non-hydrogen) atoms. The van der Waals surface area contributed by atoms with Crippen molar-refractivity contribution in [2.75, 3.05) is 0 Å². The number of aromatic nitrogens is 1. The van der Waals surface area contributed by atoms with Gasteiger partial charge < -0.3 is 0 Å². The van der Waals surface area contributed by atoms with Gasteiger partial charge in [-0.25, -0.2) is 4.39 Å². The smallest absolute Gasteiger partial charge is 0.151 e. The third-order valence-electron chi connectivity index (χ3n) is 2.14. The lowest BCUT2D eigenvalue weighted by Crippen LogP contribution is -1.90. The zero-order chi connectivity index (χ0) is 11.5. The zero-order valence-electron chi connectivity index (χ0n) is 8.15. The first-order chi connectivity index (χ1) is 7.72. The summed E-state index contributed by atoms with van der Waals surface area (Å²) >= 11 is 5.98. The Kier molecular flexibility index (Phi) is 2.97. The summed E-state index contributed by atoms with van der Waals surface area (Å²) in [6, 6.07) is 7.42. The Balaban J connectivity index is 2.60. The second-order valence-electron chi connectivity index (χ2n) is 3.19. The standard InChI is InChI=1S/C12H7ClFNO/c13-11-9(7-16)4-5-15-12(11)8-2-1-3-10(14)6-8/h1-7H. The van der Waals surface area contributed by atoms with Crippen LogP contribution in [0, 0.1) is 5.82 Å². The molecule has 0 unspecified atom stereocenters. The van der Waals surface area contributed by atoms with E-state index in [4.69, 9.17) is 11.6 Å². The van der Waals surface area contributed by atoms with Crippen molar-refractivity contribution in [3.8, 4) is 11.3 Å². The van der Waals surface area contributed by atoms with E-state index in [1.807, 2.05) is 0 Å². The molecular weight excluding hydrogens is 229 g/mol. The monoisotopic (exact) mass is 235 g/mol. The van der Waals surface area contributed by atoms with E-state index >= 15 is 0 Å². The average Bonchev–Trinajstić information content (AvgIpc) is 2.29. The van der Waals surface area contributed by atoms with Gasteiger partial charge in [0.15, 0.2) is 6.29 Å². The van der Waals surface area contributed by atoms with E-state index in [0.717, 1.165) is 0 Å². The summed E-state index contributed by atoms with van der Waals surface area (Å²) in [6.07, 6.45) is 2.11. The fraction of sp³-hybridized carbons (Fsp3) is 0. The largest absolute Gasteiger partial charge is 0.298 e. The van der Waals surface area contributed by atoms with Gasteiger partial charge in [0.05, 0.1) is 10.7 Å². The molecule has 0 saturated carbocycles. The van der Waals surface area contributed by atoms with Crippen LogP contribution in [-0.4, -0.2) is 11.3 Å². The van der Waals surface area contributed by atoms with E-state index in [1.54, 1.807) is 12.1 Å². The molecule has 2 nitrogen and oxygen atoms in total. The predicted octanol–water partition coefficient (Wildman–Crippen LogP) is 3.35. The van der Waals surface area contributed by atoms with Crippen molar-refractivity contribution < 1.29 is 9.18 Å². The molecule has 0 saturated heterocycles. The molecular formula is C12H7ClFNO. The average molecular weight is 236 g/mol. The number of carbonyl (C=O) groups is 1. The fourth-order valence-electron chi connectivity index (χ4n) is 1.39. The first kappa shape index (κ1) is 10.8. The lowest BCUT2D eigenvalue weighted by Gasteiger charge is -2.04. The Labute approximate surface area is 96.7 Å². The summed E-state index contributed by atoms with van der Waals surface area (Å²) in [6.45, 7) is 0.